The van der Waals surface area contributed by atoms with Gasteiger partial charge in [-0.1, -0.05) is 0 Å². The summed E-state index contributed by atoms with van der Waals surface area (Å²) in [6, 6.07) is 2.67. The number of nitrogens with one attached hydrogen (secondary N) is 2. The molecule has 5 nitrogen and oxygen atoms in total. The van der Waals surface area contributed by atoms with Gasteiger partial charge in [-0.3, -0.25) is 14.9 Å². The number of amides is 2. The average molecular weight is 363 g/mol. The second-order valence-electron chi connectivity index (χ2n) is 7.75. The van der Waals surface area contributed by atoms with Crippen molar-refractivity contribution in [3.63, 3.8) is 0 Å². The molecule has 1 aromatic rings. The van der Waals surface area contributed by atoms with Gasteiger partial charge >= 0.3 is 0 Å². The molecular formula is C19H23F2N3O2. The van der Waals surface area contributed by atoms with E-state index in [0.29, 0.717) is 5.69 Å². The number of halogens is 2. The summed E-state index contributed by atoms with van der Waals surface area (Å²) in [5.41, 5.74) is 0.543. The molecule has 0 radical (unpaired) electrons. The smallest absolute Gasteiger partial charge is 0.234 e. The molecule has 0 saturated carbocycles. The van der Waals surface area contributed by atoms with Crippen molar-refractivity contribution in [2.24, 2.45) is 5.41 Å². The topological polar surface area (TPSA) is 61.4 Å². The zero-order valence-electron chi connectivity index (χ0n) is 14.6. The lowest BCUT2D eigenvalue weighted by Gasteiger charge is -2.34. The van der Waals surface area contributed by atoms with Gasteiger partial charge in [0.15, 0.2) is 0 Å². The fraction of sp³-hybridized carbons (Fsp3) is 0.579. The summed E-state index contributed by atoms with van der Waals surface area (Å²) >= 11 is 0. The zero-order chi connectivity index (χ0) is 18.3. The first-order valence-electron chi connectivity index (χ1n) is 9.26. The van der Waals surface area contributed by atoms with Gasteiger partial charge in [-0.25, -0.2) is 8.78 Å². The van der Waals surface area contributed by atoms with Crippen molar-refractivity contribution in [2.75, 3.05) is 31.1 Å². The molecule has 2 amide bonds. The number of rotatable bonds is 2. The van der Waals surface area contributed by atoms with Crippen LogP contribution in [0.25, 0.3) is 0 Å². The van der Waals surface area contributed by atoms with Crippen molar-refractivity contribution in [1.29, 1.82) is 0 Å². The minimum Gasteiger partial charge on any atom is -0.371 e. The van der Waals surface area contributed by atoms with Crippen molar-refractivity contribution in [3.05, 3.63) is 29.3 Å². The number of hydrogen-bond acceptors (Lipinski definition) is 4. The van der Waals surface area contributed by atoms with Gasteiger partial charge in [0.1, 0.15) is 11.6 Å². The predicted octanol–water partition coefficient (Wildman–Crippen LogP) is 2.06. The highest BCUT2D eigenvalue weighted by Gasteiger charge is 2.39. The van der Waals surface area contributed by atoms with E-state index in [9.17, 15) is 18.4 Å². The number of hydrogen-bond donors (Lipinski definition) is 2. The molecule has 3 aliphatic heterocycles. The molecule has 4 rings (SSSR count). The maximum atomic E-state index is 14.7. The van der Waals surface area contributed by atoms with E-state index in [4.69, 9.17) is 0 Å². The Hall–Kier alpha value is -2.02. The van der Waals surface area contributed by atoms with E-state index in [2.05, 4.69) is 10.6 Å². The van der Waals surface area contributed by atoms with Gasteiger partial charge in [0.05, 0.1) is 5.92 Å². The van der Waals surface area contributed by atoms with Gasteiger partial charge in [-0.05, 0) is 56.3 Å². The number of anilines is 1. The van der Waals surface area contributed by atoms with Crippen molar-refractivity contribution in [1.82, 2.24) is 10.6 Å². The molecule has 26 heavy (non-hydrogen) atoms. The lowest BCUT2D eigenvalue weighted by molar-refractivity contribution is -0.134. The third-order valence-corrected chi connectivity index (χ3v) is 6.12. The van der Waals surface area contributed by atoms with Crippen LogP contribution in [0.4, 0.5) is 14.5 Å². The maximum absolute atomic E-state index is 14.7. The molecule has 2 N–H and O–H groups in total. The lowest BCUT2D eigenvalue weighted by Crippen LogP contribution is -2.40. The first-order valence-corrected chi connectivity index (χ1v) is 9.26. The number of imide groups is 1. The van der Waals surface area contributed by atoms with Crippen LogP contribution < -0.4 is 15.5 Å². The summed E-state index contributed by atoms with van der Waals surface area (Å²) in [4.78, 5) is 25.3. The van der Waals surface area contributed by atoms with Crippen molar-refractivity contribution < 1.29 is 18.4 Å². The van der Waals surface area contributed by atoms with Crippen LogP contribution in [0.15, 0.2) is 12.1 Å². The van der Waals surface area contributed by atoms with Crippen LogP contribution in [0.3, 0.4) is 0 Å². The SMILES string of the molecule is O=C1CCC(c2c(F)cc(N3CCC4(CCNCC4)C3)cc2F)C(=O)N1. The molecule has 140 valence electrons. The van der Waals surface area contributed by atoms with Crippen molar-refractivity contribution in [2.45, 2.75) is 38.0 Å². The van der Waals surface area contributed by atoms with Gasteiger partial charge in [-0.15, -0.1) is 0 Å². The standard InChI is InChI=1S/C19H23F2N3O2/c20-14-9-12(24-8-5-19(11-24)3-6-22-7-4-19)10-15(21)17(14)13-1-2-16(25)23-18(13)26/h9-10,13,22H,1-8,11H2,(H,23,25,26). The second kappa shape index (κ2) is 6.61. The highest BCUT2D eigenvalue weighted by atomic mass is 19.1. The van der Waals surface area contributed by atoms with Crippen LogP contribution in [-0.4, -0.2) is 38.0 Å². The van der Waals surface area contributed by atoms with Crippen LogP contribution in [0.2, 0.25) is 0 Å². The van der Waals surface area contributed by atoms with Crippen LogP contribution in [0, 0.1) is 17.0 Å². The first kappa shape index (κ1) is 17.4. The fourth-order valence-electron chi connectivity index (χ4n) is 4.58. The average Bonchev–Trinajstić information content (AvgIpc) is 3.00. The van der Waals surface area contributed by atoms with Crippen LogP contribution in [-0.2, 0) is 9.59 Å². The number of carbonyl (C=O) groups excluding carboxylic acids is 2. The number of nitrogens with zero attached hydrogens (tertiary/aromatic N) is 1. The normalized spacial score (nSPS) is 25.6. The molecule has 1 unspecified atom stereocenters. The Kier molecular flexibility index (Phi) is 4.42. The number of carbonyl (C=O) groups is 2. The zero-order valence-corrected chi connectivity index (χ0v) is 14.6. The monoisotopic (exact) mass is 363 g/mol. The van der Waals surface area contributed by atoms with Crippen LogP contribution in [0.1, 0.15) is 43.6 Å². The molecule has 3 fully saturated rings. The second-order valence-corrected chi connectivity index (χ2v) is 7.75. The molecule has 3 aliphatic rings. The fourth-order valence-corrected chi connectivity index (χ4v) is 4.58. The maximum Gasteiger partial charge on any atom is 0.234 e. The summed E-state index contributed by atoms with van der Waals surface area (Å²) < 4.78 is 29.4. The van der Waals surface area contributed by atoms with E-state index in [1.165, 1.54) is 12.1 Å². The molecule has 1 spiro atoms. The molecule has 0 aliphatic carbocycles. The summed E-state index contributed by atoms with van der Waals surface area (Å²) in [6.07, 6.45) is 3.44. The Bertz CT molecular complexity index is 723. The van der Waals surface area contributed by atoms with Crippen LogP contribution in [0.5, 0.6) is 0 Å². The molecule has 1 aromatic carbocycles. The highest BCUT2D eigenvalue weighted by Crippen LogP contribution is 2.41. The van der Waals surface area contributed by atoms with Crippen LogP contribution >= 0.6 is 0 Å². The minimum absolute atomic E-state index is 0.0969. The first-order chi connectivity index (χ1) is 12.5. The van der Waals surface area contributed by atoms with E-state index in [1.807, 2.05) is 4.90 Å². The van der Waals surface area contributed by atoms with E-state index >= 15 is 0 Å². The third kappa shape index (κ3) is 3.09. The molecule has 0 aromatic heterocycles. The Labute approximate surface area is 151 Å². The Morgan fingerprint density at radius 1 is 1.08 bits per heavy atom. The van der Waals surface area contributed by atoms with Gasteiger partial charge in [0.25, 0.3) is 0 Å². The molecule has 1 atom stereocenters. The molecule has 3 heterocycles. The van der Waals surface area contributed by atoms with E-state index < -0.39 is 29.4 Å². The van der Waals surface area contributed by atoms with Gasteiger partial charge < -0.3 is 10.2 Å². The van der Waals surface area contributed by atoms with Crippen molar-refractivity contribution in [3.8, 4) is 0 Å². The molecular weight excluding hydrogens is 340 g/mol. The van der Waals surface area contributed by atoms with E-state index in [-0.39, 0.29) is 23.8 Å². The Balaban J connectivity index is 1.56. The number of piperidine rings is 2. The number of benzene rings is 1. The lowest BCUT2D eigenvalue weighted by atomic mass is 9.78. The predicted molar refractivity (Wildman–Crippen MR) is 92.8 cm³/mol. The summed E-state index contributed by atoms with van der Waals surface area (Å²) in [7, 11) is 0. The molecule has 3 saturated heterocycles. The highest BCUT2D eigenvalue weighted by molar-refractivity contribution is 6.01. The minimum atomic E-state index is -0.948. The molecule has 0 bridgehead atoms. The Morgan fingerprint density at radius 2 is 1.77 bits per heavy atom. The van der Waals surface area contributed by atoms with E-state index in [1.54, 1.807) is 0 Å². The molecule has 7 heteroatoms. The summed E-state index contributed by atoms with van der Waals surface area (Å²) in [5, 5.41) is 5.52. The Morgan fingerprint density at radius 3 is 2.42 bits per heavy atom. The quantitative estimate of drug-likeness (QED) is 0.790. The van der Waals surface area contributed by atoms with Gasteiger partial charge in [-0.2, -0.15) is 0 Å². The van der Waals surface area contributed by atoms with Crippen molar-refractivity contribution >= 4 is 17.5 Å². The van der Waals surface area contributed by atoms with Gasteiger partial charge in [0.2, 0.25) is 11.8 Å². The van der Waals surface area contributed by atoms with E-state index in [0.717, 1.165) is 45.4 Å². The largest absolute Gasteiger partial charge is 0.371 e. The third-order valence-electron chi connectivity index (χ3n) is 6.12. The summed E-state index contributed by atoms with van der Waals surface area (Å²) in [5.74, 6) is -3.38. The summed E-state index contributed by atoms with van der Waals surface area (Å²) in [6.45, 7) is 3.58. The van der Waals surface area contributed by atoms with Gasteiger partial charge in [0, 0.05) is 30.8 Å².